The molecule has 0 bridgehead atoms. The highest BCUT2D eigenvalue weighted by atomic mass is 19.4. The van der Waals surface area contributed by atoms with Crippen molar-refractivity contribution in [1.82, 2.24) is 5.32 Å². The number of halogens is 3. The van der Waals surface area contributed by atoms with Crippen molar-refractivity contribution >= 4 is 5.97 Å². The first-order chi connectivity index (χ1) is 8.80. The number of alkyl halides is 3. The lowest BCUT2D eigenvalue weighted by Crippen LogP contribution is -2.15. The van der Waals surface area contributed by atoms with E-state index in [1.165, 1.54) is 19.1 Å². The Labute approximate surface area is 108 Å². The van der Waals surface area contributed by atoms with Gasteiger partial charge in [0, 0.05) is 18.7 Å². The molecule has 0 aliphatic carbocycles. The molecule has 1 rings (SSSR count). The molecule has 0 radical (unpaired) electrons. The van der Waals surface area contributed by atoms with Crippen molar-refractivity contribution in [3.05, 3.63) is 47.0 Å². The van der Waals surface area contributed by atoms with Crippen LogP contribution in [0.3, 0.4) is 0 Å². The normalized spacial score (nSPS) is 12.5. The van der Waals surface area contributed by atoms with Gasteiger partial charge >= 0.3 is 12.1 Å². The zero-order valence-corrected chi connectivity index (χ0v) is 10.3. The summed E-state index contributed by atoms with van der Waals surface area (Å²) in [5.74, 6) is -1.01. The number of carbonyl (C=O) groups is 1. The number of carboxylic acid groups (broad SMARTS) is 1. The van der Waals surface area contributed by atoms with E-state index in [9.17, 15) is 18.0 Å². The van der Waals surface area contributed by atoms with E-state index in [0.29, 0.717) is 5.56 Å². The van der Waals surface area contributed by atoms with E-state index in [1.807, 2.05) is 0 Å². The van der Waals surface area contributed by atoms with Gasteiger partial charge in [-0.3, -0.25) is 0 Å². The maximum Gasteiger partial charge on any atom is 0.416 e. The SMILES string of the molecule is C/C(=C/CNCc1cccc(C(F)(F)F)c1)C(=O)O. The van der Waals surface area contributed by atoms with Crippen molar-refractivity contribution in [2.75, 3.05) is 6.54 Å². The predicted molar refractivity (Wildman–Crippen MR) is 64.5 cm³/mol. The zero-order valence-electron chi connectivity index (χ0n) is 10.3. The third kappa shape index (κ3) is 5.13. The number of benzene rings is 1. The first-order valence-corrected chi connectivity index (χ1v) is 5.57. The van der Waals surface area contributed by atoms with Gasteiger partial charge in [0.1, 0.15) is 0 Å². The summed E-state index contributed by atoms with van der Waals surface area (Å²) in [6.45, 7) is 1.98. The molecule has 0 amide bonds. The molecular formula is C13H14F3NO2. The van der Waals surface area contributed by atoms with Gasteiger partial charge < -0.3 is 10.4 Å². The molecule has 0 aliphatic heterocycles. The molecule has 104 valence electrons. The van der Waals surface area contributed by atoms with Crippen LogP contribution < -0.4 is 5.32 Å². The van der Waals surface area contributed by atoms with Crippen LogP contribution in [0.4, 0.5) is 13.2 Å². The lowest BCUT2D eigenvalue weighted by molar-refractivity contribution is -0.137. The summed E-state index contributed by atoms with van der Waals surface area (Å²) in [5.41, 5.74) is -0.00296. The van der Waals surface area contributed by atoms with E-state index in [-0.39, 0.29) is 18.7 Å². The van der Waals surface area contributed by atoms with Crippen LogP contribution in [0.1, 0.15) is 18.1 Å². The third-order valence-corrected chi connectivity index (χ3v) is 2.47. The predicted octanol–water partition coefficient (Wildman–Crippen LogP) is 2.83. The Morgan fingerprint density at radius 3 is 2.68 bits per heavy atom. The maximum atomic E-state index is 12.5. The van der Waals surface area contributed by atoms with Gasteiger partial charge in [-0.15, -0.1) is 0 Å². The van der Waals surface area contributed by atoms with Crippen LogP contribution in [-0.2, 0) is 17.5 Å². The minimum absolute atomic E-state index is 0.191. The molecule has 2 N–H and O–H groups in total. The quantitative estimate of drug-likeness (QED) is 0.640. The highest BCUT2D eigenvalue weighted by molar-refractivity contribution is 5.85. The van der Waals surface area contributed by atoms with Crippen molar-refractivity contribution < 1.29 is 23.1 Å². The Kier molecular flexibility index (Phi) is 5.11. The van der Waals surface area contributed by atoms with Crippen LogP contribution in [0.25, 0.3) is 0 Å². The third-order valence-electron chi connectivity index (χ3n) is 2.47. The molecule has 0 aliphatic rings. The highest BCUT2D eigenvalue weighted by Gasteiger charge is 2.30. The fourth-order valence-corrected chi connectivity index (χ4v) is 1.39. The molecule has 0 spiro atoms. The van der Waals surface area contributed by atoms with Gasteiger partial charge in [0.15, 0.2) is 0 Å². The number of aliphatic carboxylic acids is 1. The monoisotopic (exact) mass is 273 g/mol. The first-order valence-electron chi connectivity index (χ1n) is 5.57. The summed E-state index contributed by atoms with van der Waals surface area (Å²) in [6.07, 6.45) is -2.88. The summed E-state index contributed by atoms with van der Waals surface area (Å²) in [6, 6.07) is 5.01. The molecule has 0 saturated carbocycles. The minimum atomic E-state index is -4.35. The minimum Gasteiger partial charge on any atom is -0.478 e. The Morgan fingerprint density at radius 1 is 1.42 bits per heavy atom. The topological polar surface area (TPSA) is 49.3 Å². The number of carboxylic acids is 1. The van der Waals surface area contributed by atoms with Crippen LogP contribution in [0, 0.1) is 0 Å². The van der Waals surface area contributed by atoms with E-state index < -0.39 is 17.7 Å². The smallest absolute Gasteiger partial charge is 0.416 e. The van der Waals surface area contributed by atoms with Gasteiger partial charge in [0.05, 0.1) is 5.56 Å². The average Bonchev–Trinajstić information content (AvgIpc) is 2.33. The van der Waals surface area contributed by atoms with Gasteiger partial charge in [-0.05, 0) is 18.6 Å². The van der Waals surface area contributed by atoms with Crippen molar-refractivity contribution in [1.29, 1.82) is 0 Å². The number of hydrogen-bond acceptors (Lipinski definition) is 2. The molecule has 1 aromatic rings. The summed E-state index contributed by atoms with van der Waals surface area (Å²) < 4.78 is 37.4. The van der Waals surface area contributed by atoms with E-state index in [1.54, 1.807) is 6.07 Å². The van der Waals surface area contributed by atoms with Crippen LogP contribution in [0.2, 0.25) is 0 Å². The zero-order chi connectivity index (χ0) is 14.5. The number of nitrogens with one attached hydrogen (secondary N) is 1. The van der Waals surface area contributed by atoms with Gasteiger partial charge in [0.25, 0.3) is 0 Å². The van der Waals surface area contributed by atoms with E-state index >= 15 is 0 Å². The van der Waals surface area contributed by atoms with E-state index in [4.69, 9.17) is 5.11 Å². The molecular weight excluding hydrogens is 259 g/mol. The fourth-order valence-electron chi connectivity index (χ4n) is 1.39. The largest absolute Gasteiger partial charge is 0.478 e. The van der Waals surface area contributed by atoms with Crippen LogP contribution in [-0.4, -0.2) is 17.6 Å². The Bertz CT molecular complexity index is 481. The van der Waals surface area contributed by atoms with Gasteiger partial charge in [-0.25, -0.2) is 4.79 Å². The number of rotatable bonds is 5. The maximum absolute atomic E-state index is 12.5. The van der Waals surface area contributed by atoms with Gasteiger partial charge in [0.2, 0.25) is 0 Å². The van der Waals surface area contributed by atoms with Gasteiger partial charge in [-0.2, -0.15) is 13.2 Å². The summed E-state index contributed by atoms with van der Waals surface area (Å²) >= 11 is 0. The lowest BCUT2D eigenvalue weighted by Gasteiger charge is -2.09. The van der Waals surface area contributed by atoms with Crippen molar-refractivity contribution in [2.45, 2.75) is 19.6 Å². The second-order valence-electron chi connectivity index (χ2n) is 4.02. The van der Waals surface area contributed by atoms with E-state index in [0.717, 1.165) is 12.1 Å². The van der Waals surface area contributed by atoms with Crippen molar-refractivity contribution in [3.8, 4) is 0 Å². The van der Waals surface area contributed by atoms with Crippen molar-refractivity contribution in [2.24, 2.45) is 0 Å². The molecule has 1 aromatic carbocycles. The summed E-state index contributed by atoms with van der Waals surface area (Å²) in [7, 11) is 0. The Balaban J connectivity index is 2.55. The molecule has 0 unspecified atom stereocenters. The fraction of sp³-hybridized carbons (Fsp3) is 0.308. The Morgan fingerprint density at radius 2 is 2.11 bits per heavy atom. The molecule has 3 nitrogen and oxygen atoms in total. The average molecular weight is 273 g/mol. The standard InChI is InChI=1S/C13H14F3NO2/c1-9(12(18)19)5-6-17-8-10-3-2-4-11(7-10)13(14,15)16/h2-5,7,17H,6,8H2,1H3,(H,18,19)/b9-5-. The first kappa shape index (κ1) is 15.2. The lowest BCUT2D eigenvalue weighted by atomic mass is 10.1. The second-order valence-corrected chi connectivity index (χ2v) is 4.02. The molecule has 0 fully saturated rings. The molecule has 6 heteroatoms. The van der Waals surface area contributed by atoms with Crippen molar-refractivity contribution in [3.63, 3.8) is 0 Å². The van der Waals surface area contributed by atoms with Crippen LogP contribution in [0.5, 0.6) is 0 Å². The summed E-state index contributed by atoms with van der Waals surface area (Å²) in [4.78, 5) is 10.5. The molecule has 19 heavy (non-hydrogen) atoms. The van der Waals surface area contributed by atoms with E-state index in [2.05, 4.69) is 5.32 Å². The van der Waals surface area contributed by atoms with Gasteiger partial charge in [-0.1, -0.05) is 24.3 Å². The molecule has 0 aromatic heterocycles. The molecule has 0 heterocycles. The molecule has 0 atom stereocenters. The highest BCUT2D eigenvalue weighted by Crippen LogP contribution is 2.29. The second kappa shape index (κ2) is 6.38. The molecule has 0 saturated heterocycles. The van der Waals surface area contributed by atoms with Crippen LogP contribution in [0.15, 0.2) is 35.9 Å². The summed E-state index contributed by atoms with van der Waals surface area (Å²) in [5, 5.41) is 11.5. The number of hydrogen-bond donors (Lipinski definition) is 2. The van der Waals surface area contributed by atoms with Crippen LogP contribution >= 0.6 is 0 Å². The Hall–Kier alpha value is -1.82.